The summed E-state index contributed by atoms with van der Waals surface area (Å²) in [5.41, 5.74) is -0.262. The number of benzene rings is 1. The molecule has 0 aliphatic heterocycles. The minimum atomic E-state index is -1.28. The van der Waals surface area contributed by atoms with E-state index in [0.29, 0.717) is 0 Å². The Morgan fingerprint density at radius 1 is 1.40 bits per heavy atom. The Hall–Kier alpha value is -1.29. The van der Waals surface area contributed by atoms with E-state index in [1.54, 1.807) is 6.92 Å². The Bertz CT molecular complexity index is 388. The number of aliphatic hydroxyl groups excluding tert-OH is 1. The SMILES string of the molecule is CCC(O)C(=O)c1ccc(C)c(F)c1F. The summed E-state index contributed by atoms with van der Waals surface area (Å²) in [6, 6.07) is 2.50. The van der Waals surface area contributed by atoms with Crippen LogP contribution < -0.4 is 0 Å². The van der Waals surface area contributed by atoms with Gasteiger partial charge in [-0.25, -0.2) is 8.78 Å². The quantitative estimate of drug-likeness (QED) is 0.783. The second-order valence-corrected chi connectivity index (χ2v) is 3.35. The normalized spacial score (nSPS) is 12.6. The predicted octanol–water partition coefficient (Wildman–Crippen LogP) is 2.23. The zero-order valence-corrected chi connectivity index (χ0v) is 8.55. The van der Waals surface area contributed by atoms with Gasteiger partial charge in [0.2, 0.25) is 0 Å². The van der Waals surface area contributed by atoms with Gasteiger partial charge in [0.15, 0.2) is 17.4 Å². The van der Waals surface area contributed by atoms with Crippen LogP contribution in [0, 0.1) is 18.6 Å². The van der Waals surface area contributed by atoms with Crippen LogP contribution in [-0.4, -0.2) is 17.0 Å². The van der Waals surface area contributed by atoms with E-state index >= 15 is 0 Å². The topological polar surface area (TPSA) is 37.3 Å². The van der Waals surface area contributed by atoms with Crippen LogP contribution in [-0.2, 0) is 0 Å². The molecule has 1 atom stereocenters. The molecule has 0 aromatic heterocycles. The molecule has 0 bridgehead atoms. The smallest absolute Gasteiger partial charge is 0.194 e. The molecule has 82 valence electrons. The third-order valence-corrected chi connectivity index (χ3v) is 2.23. The highest BCUT2D eigenvalue weighted by atomic mass is 19.2. The maximum atomic E-state index is 13.3. The molecule has 0 amide bonds. The molecule has 4 heteroatoms. The summed E-state index contributed by atoms with van der Waals surface area (Å²) in [6.07, 6.45) is -1.10. The number of Topliss-reactive ketones (excluding diaryl/α,β-unsaturated/α-hetero) is 1. The molecule has 15 heavy (non-hydrogen) atoms. The number of hydrogen-bond donors (Lipinski definition) is 1. The molecule has 0 spiro atoms. The molecule has 0 fully saturated rings. The largest absolute Gasteiger partial charge is 0.385 e. The molecule has 0 aliphatic carbocycles. The molecule has 0 radical (unpaired) electrons. The molecule has 2 nitrogen and oxygen atoms in total. The number of aryl methyl sites for hydroxylation is 1. The van der Waals surface area contributed by atoms with Crippen molar-refractivity contribution in [2.24, 2.45) is 0 Å². The Morgan fingerprint density at radius 3 is 2.53 bits per heavy atom. The van der Waals surface area contributed by atoms with Gasteiger partial charge in [-0.15, -0.1) is 0 Å². The molecule has 0 saturated carbocycles. The van der Waals surface area contributed by atoms with Gasteiger partial charge in [0.25, 0.3) is 0 Å². The van der Waals surface area contributed by atoms with E-state index in [9.17, 15) is 18.7 Å². The van der Waals surface area contributed by atoms with E-state index < -0.39 is 29.1 Å². The highest BCUT2D eigenvalue weighted by Crippen LogP contribution is 2.17. The summed E-state index contributed by atoms with van der Waals surface area (Å²) >= 11 is 0. The minimum Gasteiger partial charge on any atom is -0.385 e. The van der Waals surface area contributed by atoms with Crippen LogP contribution in [0.2, 0.25) is 0 Å². The molecule has 1 aromatic carbocycles. The summed E-state index contributed by atoms with van der Waals surface area (Å²) < 4.78 is 26.4. The lowest BCUT2D eigenvalue weighted by Gasteiger charge is -2.08. The van der Waals surface area contributed by atoms with Gasteiger partial charge in [-0.2, -0.15) is 0 Å². The van der Waals surface area contributed by atoms with E-state index in [2.05, 4.69) is 0 Å². The molecule has 1 unspecified atom stereocenters. The van der Waals surface area contributed by atoms with E-state index in [1.165, 1.54) is 19.1 Å². The second kappa shape index (κ2) is 4.49. The molecular weight excluding hydrogens is 202 g/mol. The lowest BCUT2D eigenvalue weighted by atomic mass is 10.0. The third kappa shape index (κ3) is 2.21. The van der Waals surface area contributed by atoms with Crippen LogP contribution >= 0.6 is 0 Å². The highest BCUT2D eigenvalue weighted by Gasteiger charge is 2.21. The van der Waals surface area contributed by atoms with Crippen LogP contribution in [0.4, 0.5) is 8.78 Å². The Labute approximate surface area is 86.5 Å². The predicted molar refractivity (Wildman–Crippen MR) is 51.7 cm³/mol. The van der Waals surface area contributed by atoms with Gasteiger partial charge < -0.3 is 5.11 Å². The highest BCUT2D eigenvalue weighted by molar-refractivity contribution is 5.99. The lowest BCUT2D eigenvalue weighted by Crippen LogP contribution is -2.21. The standard InChI is InChI=1S/C11H12F2O2/c1-3-8(14)11(15)7-5-4-6(2)9(12)10(7)13/h4-5,8,14H,3H2,1-2H3. The zero-order chi connectivity index (χ0) is 11.6. The van der Waals surface area contributed by atoms with E-state index in [1.807, 2.05) is 0 Å². The number of hydrogen-bond acceptors (Lipinski definition) is 2. The first kappa shape index (κ1) is 11.8. The van der Waals surface area contributed by atoms with Gasteiger partial charge in [-0.1, -0.05) is 13.0 Å². The van der Waals surface area contributed by atoms with Crippen LogP contribution in [0.1, 0.15) is 29.3 Å². The van der Waals surface area contributed by atoms with E-state index in [0.717, 1.165) is 0 Å². The van der Waals surface area contributed by atoms with E-state index in [4.69, 9.17) is 0 Å². The first-order valence-corrected chi connectivity index (χ1v) is 4.66. The van der Waals surface area contributed by atoms with Crippen molar-refractivity contribution in [2.75, 3.05) is 0 Å². The fraction of sp³-hybridized carbons (Fsp3) is 0.364. The van der Waals surface area contributed by atoms with Crippen LogP contribution in [0.15, 0.2) is 12.1 Å². The molecule has 0 aliphatic rings. The van der Waals surface area contributed by atoms with Gasteiger partial charge in [0.1, 0.15) is 6.10 Å². The molecule has 0 saturated heterocycles. The number of ketones is 1. The summed E-state index contributed by atoms with van der Waals surface area (Å²) in [5, 5.41) is 9.23. The van der Waals surface area contributed by atoms with Crippen molar-refractivity contribution in [3.8, 4) is 0 Å². The average molecular weight is 214 g/mol. The number of halogens is 2. The number of carbonyl (C=O) groups is 1. The maximum absolute atomic E-state index is 13.3. The second-order valence-electron chi connectivity index (χ2n) is 3.35. The molecule has 1 rings (SSSR count). The Balaban J connectivity index is 3.16. The maximum Gasteiger partial charge on any atom is 0.194 e. The van der Waals surface area contributed by atoms with Crippen molar-refractivity contribution >= 4 is 5.78 Å². The fourth-order valence-corrected chi connectivity index (χ4v) is 1.20. The Morgan fingerprint density at radius 2 is 2.00 bits per heavy atom. The van der Waals surface area contributed by atoms with Crippen molar-refractivity contribution in [1.29, 1.82) is 0 Å². The molecular formula is C11H12F2O2. The number of aliphatic hydroxyl groups is 1. The van der Waals surface area contributed by atoms with Gasteiger partial charge >= 0.3 is 0 Å². The average Bonchev–Trinajstić information content (AvgIpc) is 2.24. The van der Waals surface area contributed by atoms with Gasteiger partial charge in [0, 0.05) is 0 Å². The minimum absolute atomic E-state index is 0.134. The van der Waals surface area contributed by atoms with Crippen molar-refractivity contribution < 1.29 is 18.7 Å². The summed E-state index contributed by atoms with van der Waals surface area (Å²) in [4.78, 5) is 11.4. The van der Waals surface area contributed by atoms with Crippen molar-refractivity contribution in [1.82, 2.24) is 0 Å². The molecule has 0 heterocycles. The zero-order valence-electron chi connectivity index (χ0n) is 8.55. The van der Waals surface area contributed by atoms with Gasteiger partial charge in [-0.05, 0) is 25.0 Å². The number of rotatable bonds is 3. The van der Waals surface area contributed by atoms with Crippen LogP contribution in [0.25, 0.3) is 0 Å². The fourth-order valence-electron chi connectivity index (χ4n) is 1.20. The monoisotopic (exact) mass is 214 g/mol. The van der Waals surface area contributed by atoms with Gasteiger partial charge in [0.05, 0.1) is 5.56 Å². The third-order valence-electron chi connectivity index (χ3n) is 2.23. The van der Waals surface area contributed by atoms with Crippen LogP contribution in [0.5, 0.6) is 0 Å². The first-order chi connectivity index (χ1) is 6.99. The van der Waals surface area contributed by atoms with Crippen LogP contribution in [0.3, 0.4) is 0 Å². The van der Waals surface area contributed by atoms with Crippen molar-refractivity contribution in [2.45, 2.75) is 26.4 Å². The van der Waals surface area contributed by atoms with Crippen molar-refractivity contribution in [3.05, 3.63) is 34.9 Å². The summed E-state index contributed by atoms with van der Waals surface area (Å²) in [6.45, 7) is 2.99. The van der Waals surface area contributed by atoms with Crippen molar-refractivity contribution in [3.63, 3.8) is 0 Å². The summed E-state index contributed by atoms with van der Waals surface area (Å²) in [5.74, 6) is -3.01. The molecule has 1 aromatic rings. The summed E-state index contributed by atoms with van der Waals surface area (Å²) in [7, 11) is 0. The van der Waals surface area contributed by atoms with E-state index in [-0.39, 0.29) is 12.0 Å². The molecule has 1 N–H and O–H groups in total. The lowest BCUT2D eigenvalue weighted by molar-refractivity contribution is 0.0735. The van der Waals surface area contributed by atoms with Gasteiger partial charge in [-0.3, -0.25) is 4.79 Å². The number of carbonyl (C=O) groups excluding carboxylic acids is 1. The Kier molecular flexibility index (Phi) is 3.52. The first-order valence-electron chi connectivity index (χ1n) is 4.66.